The standard InChI is InChI=1S/C21H25N5O3S/c1-14(2)11-22-20(28)23-18(27)13-30-21-25-24-19(17-9-10-29-15(17)3)26(21)12-16-7-5-4-6-8-16/h4-10,14H,11-13H2,1-3H3,(H2,22,23,27,28). The van der Waals surface area contributed by atoms with Crippen LogP contribution in [-0.2, 0) is 11.3 Å². The Balaban J connectivity index is 1.73. The van der Waals surface area contributed by atoms with Crippen molar-refractivity contribution >= 4 is 23.7 Å². The van der Waals surface area contributed by atoms with Crippen LogP contribution in [0.2, 0.25) is 0 Å². The SMILES string of the molecule is Cc1occc1-c1nnc(SCC(=O)NC(=O)NCC(C)C)n1Cc1ccccc1. The van der Waals surface area contributed by atoms with E-state index in [1.54, 1.807) is 6.26 Å². The van der Waals surface area contributed by atoms with E-state index in [0.717, 1.165) is 16.9 Å². The maximum atomic E-state index is 12.2. The summed E-state index contributed by atoms with van der Waals surface area (Å²) in [5.41, 5.74) is 1.93. The molecule has 3 rings (SSSR count). The number of rotatable bonds is 8. The van der Waals surface area contributed by atoms with Crippen LogP contribution >= 0.6 is 11.8 Å². The first-order valence-electron chi connectivity index (χ1n) is 9.66. The van der Waals surface area contributed by atoms with Gasteiger partial charge in [0.25, 0.3) is 0 Å². The average molecular weight is 428 g/mol. The maximum Gasteiger partial charge on any atom is 0.321 e. The van der Waals surface area contributed by atoms with Crippen molar-refractivity contribution in [3.05, 3.63) is 54.0 Å². The molecular formula is C21H25N5O3S. The Bertz CT molecular complexity index is 997. The van der Waals surface area contributed by atoms with Crippen LogP contribution in [-0.4, -0.2) is 39.0 Å². The van der Waals surface area contributed by atoms with E-state index in [0.29, 0.717) is 30.0 Å². The fourth-order valence-electron chi connectivity index (χ4n) is 2.75. The molecule has 9 heteroatoms. The van der Waals surface area contributed by atoms with Crippen molar-refractivity contribution in [3.63, 3.8) is 0 Å². The summed E-state index contributed by atoms with van der Waals surface area (Å²) in [6, 6.07) is 11.3. The molecule has 3 amide bonds. The molecule has 1 aromatic carbocycles. The molecule has 2 N–H and O–H groups in total. The highest BCUT2D eigenvalue weighted by Gasteiger charge is 2.19. The van der Waals surface area contributed by atoms with E-state index in [2.05, 4.69) is 20.8 Å². The maximum absolute atomic E-state index is 12.2. The highest BCUT2D eigenvalue weighted by Crippen LogP contribution is 2.27. The third-order valence-electron chi connectivity index (χ3n) is 4.26. The Morgan fingerprint density at radius 1 is 1.17 bits per heavy atom. The molecule has 3 aromatic rings. The highest BCUT2D eigenvalue weighted by atomic mass is 32.2. The molecule has 8 nitrogen and oxygen atoms in total. The van der Waals surface area contributed by atoms with Crippen LogP contribution in [0.25, 0.3) is 11.4 Å². The number of hydrogen-bond acceptors (Lipinski definition) is 6. The normalized spacial score (nSPS) is 10.9. The number of benzene rings is 1. The van der Waals surface area contributed by atoms with Crippen molar-refractivity contribution in [2.75, 3.05) is 12.3 Å². The lowest BCUT2D eigenvalue weighted by Gasteiger charge is -2.11. The number of urea groups is 1. The summed E-state index contributed by atoms with van der Waals surface area (Å²) in [5.74, 6) is 1.38. The van der Waals surface area contributed by atoms with Crippen molar-refractivity contribution in [2.45, 2.75) is 32.5 Å². The third kappa shape index (κ3) is 5.73. The first-order valence-corrected chi connectivity index (χ1v) is 10.6. The summed E-state index contributed by atoms with van der Waals surface area (Å²) in [6.07, 6.45) is 1.61. The molecule has 2 aromatic heterocycles. The zero-order chi connectivity index (χ0) is 21.5. The third-order valence-corrected chi connectivity index (χ3v) is 5.22. The lowest BCUT2D eigenvalue weighted by atomic mass is 10.2. The number of furan rings is 1. The fourth-order valence-corrected chi connectivity index (χ4v) is 3.49. The summed E-state index contributed by atoms with van der Waals surface area (Å²) < 4.78 is 7.37. The van der Waals surface area contributed by atoms with Crippen LogP contribution in [0.5, 0.6) is 0 Å². The number of carbonyl (C=O) groups is 2. The predicted molar refractivity (Wildman–Crippen MR) is 115 cm³/mol. The molecule has 0 saturated carbocycles. The number of imide groups is 1. The van der Waals surface area contributed by atoms with Crippen molar-refractivity contribution in [1.29, 1.82) is 0 Å². The summed E-state index contributed by atoms with van der Waals surface area (Å²) in [6.45, 7) is 6.89. The van der Waals surface area contributed by atoms with Crippen LogP contribution in [0.1, 0.15) is 25.2 Å². The van der Waals surface area contributed by atoms with Crippen molar-refractivity contribution in [2.24, 2.45) is 5.92 Å². The minimum absolute atomic E-state index is 0.0480. The molecule has 0 atom stereocenters. The predicted octanol–water partition coefficient (Wildman–Crippen LogP) is 3.47. The topological polar surface area (TPSA) is 102 Å². The molecule has 0 radical (unpaired) electrons. The van der Waals surface area contributed by atoms with Gasteiger partial charge < -0.3 is 9.73 Å². The van der Waals surface area contributed by atoms with Crippen LogP contribution < -0.4 is 10.6 Å². The second-order valence-corrected chi connectivity index (χ2v) is 8.15. The van der Waals surface area contributed by atoms with E-state index in [1.807, 2.05) is 61.7 Å². The van der Waals surface area contributed by atoms with E-state index in [4.69, 9.17) is 4.42 Å². The Morgan fingerprint density at radius 3 is 2.60 bits per heavy atom. The Labute approximate surface area is 179 Å². The summed E-state index contributed by atoms with van der Waals surface area (Å²) in [7, 11) is 0. The molecule has 30 heavy (non-hydrogen) atoms. The van der Waals surface area contributed by atoms with E-state index in [1.165, 1.54) is 11.8 Å². The average Bonchev–Trinajstić information content (AvgIpc) is 3.31. The smallest absolute Gasteiger partial charge is 0.321 e. The zero-order valence-electron chi connectivity index (χ0n) is 17.2. The molecule has 0 fully saturated rings. The van der Waals surface area contributed by atoms with Gasteiger partial charge in [-0.25, -0.2) is 4.79 Å². The van der Waals surface area contributed by atoms with Gasteiger partial charge in [0.2, 0.25) is 5.91 Å². The number of amides is 3. The van der Waals surface area contributed by atoms with Gasteiger partial charge in [0.15, 0.2) is 11.0 Å². The number of nitrogens with one attached hydrogen (secondary N) is 2. The van der Waals surface area contributed by atoms with E-state index in [9.17, 15) is 9.59 Å². The van der Waals surface area contributed by atoms with Gasteiger partial charge in [0, 0.05) is 6.54 Å². The number of aryl methyl sites for hydroxylation is 1. The lowest BCUT2D eigenvalue weighted by molar-refractivity contribution is -0.117. The number of thioether (sulfide) groups is 1. The molecule has 0 spiro atoms. The second kappa shape index (κ2) is 10.1. The van der Waals surface area contributed by atoms with Crippen LogP contribution in [0.15, 0.2) is 52.2 Å². The number of carbonyl (C=O) groups excluding carboxylic acids is 2. The van der Waals surface area contributed by atoms with Gasteiger partial charge in [-0.2, -0.15) is 0 Å². The molecule has 0 bridgehead atoms. The number of hydrogen-bond donors (Lipinski definition) is 2. The summed E-state index contributed by atoms with van der Waals surface area (Å²) in [4.78, 5) is 23.9. The van der Waals surface area contributed by atoms with E-state index in [-0.39, 0.29) is 5.75 Å². The van der Waals surface area contributed by atoms with Gasteiger partial charge in [-0.3, -0.25) is 14.7 Å². The minimum atomic E-state index is -0.491. The number of aromatic nitrogens is 3. The van der Waals surface area contributed by atoms with Crippen LogP contribution in [0, 0.1) is 12.8 Å². The first-order chi connectivity index (χ1) is 14.4. The zero-order valence-corrected chi connectivity index (χ0v) is 18.0. The van der Waals surface area contributed by atoms with Crippen molar-refractivity contribution < 1.29 is 14.0 Å². The van der Waals surface area contributed by atoms with E-state index < -0.39 is 11.9 Å². The largest absolute Gasteiger partial charge is 0.469 e. The van der Waals surface area contributed by atoms with Gasteiger partial charge in [-0.1, -0.05) is 55.9 Å². The van der Waals surface area contributed by atoms with Crippen molar-refractivity contribution in [1.82, 2.24) is 25.4 Å². The van der Waals surface area contributed by atoms with Crippen LogP contribution in [0.4, 0.5) is 4.79 Å². The summed E-state index contributed by atoms with van der Waals surface area (Å²) in [5, 5.41) is 14.2. The van der Waals surface area contributed by atoms with Crippen LogP contribution in [0.3, 0.4) is 0 Å². The molecule has 0 unspecified atom stereocenters. The molecule has 0 saturated heterocycles. The molecule has 0 aliphatic heterocycles. The molecular weight excluding hydrogens is 402 g/mol. The van der Waals surface area contributed by atoms with Gasteiger partial charge in [-0.15, -0.1) is 10.2 Å². The van der Waals surface area contributed by atoms with E-state index >= 15 is 0 Å². The molecule has 0 aliphatic rings. The Hall–Kier alpha value is -3.07. The molecule has 0 aliphatic carbocycles. The highest BCUT2D eigenvalue weighted by molar-refractivity contribution is 7.99. The number of nitrogens with zero attached hydrogens (tertiary/aromatic N) is 3. The molecule has 2 heterocycles. The first kappa shape index (κ1) is 21.6. The monoisotopic (exact) mass is 427 g/mol. The lowest BCUT2D eigenvalue weighted by Crippen LogP contribution is -2.41. The minimum Gasteiger partial charge on any atom is -0.469 e. The summed E-state index contributed by atoms with van der Waals surface area (Å²) >= 11 is 1.23. The quantitative estimate of drug-likeness (QED) is 0.534. The second-order valence-electron chi connectivity index (χ2n) is 7.21. The fraction of sp³-hybridized carbons (Fsp3) is 0.333. The Morgan fingerprint density at radius 2 is 1.93 bits per heavy atom. The van der Waals surface area contributed by atoms with Gasteiger partial charge in [0.05, 0.1) is 24.1 Å². The van der Waals surface area contributed by atoms with Crippen molar-refractivity contribution in [3.8, 4) is 11.4 Å². The molecule has 158 valence electrons. The van der Waals surface area contributed by atoms with Gasteiger partial charge in [-0.05, 0) is 24.5 Å². The Kier molecular flexibility index (Phi) is 7.29. The van der Waals surface area contributed by atoms with Gasteiger partial charge in [0.1, 0.15) is 5.76 Å². The van der Waals surface area contributed by atoms with Gasteiger partial charge >= 0.3 is 6.03 Å².